The van der Waals surface area contributed by atoms with Gasteiger partial charge in [0.25, 0.3) is 0 Å². The third-order valence-electron chi connectivity index (χ3n) is 2.41. The van der Waals surface area contributed by atoms with Crippen LogP contribution in [0.4, 0.5) is 0 Å². The summed E-state index contributed by atoms with van der Waals surface area (Å²) in [5.74, 6) is -0.0348. The normalized spacial score (nSPS) is 10.9. The van der Waals surface area contributed by atoms with E-state index in [1.807, 2.05) is 19.1 Å². The lowest BCUT2D eigenvalue weighted by Crippen LogP contribution is -1.94. The second-order valence-corrected chi connectivity index (χ2v) is 3.78. The monoisotopic (exact) mass is 227 g/mol. The van der Waals surface area contributed by atoms with E-state index in [4.69, 9.17) is 0 Å². The number of carbonyl (C=O) groups excluding carboxylic acids is 1. The maximum absolute atomic E-state index is 11.9. The Kier molecular flexibility index (Phi) is 3.14. The molecule has 0 bridgehead atoms. The maximum atomic E-state index is 11.9. The maximum Gasteiger partial charge on any atom is 0.189 e. The Labute approximate surface area is 99.6 Å². The summed E-state index contributed by atoms with van der Waals surface area (Å²) in [6.45, 7) is 1.83. The van der Waals surface area contributed by atoms with Crippen LogP contribution in [0.15, 0.2) is 36.8 Å². The fraction of sp³-hybridized carbons (Fsp3) is 0.154. The van der Waals surface area contributed by atoms with Crippen molar-refractivity contribution in [3.63, 3.8) is 0 Å². The van der Waals surface area contributed by atoms with Crippen molar-refractivity contribution in [3.8, 4) is 0 Å². The van der Waals surface area contributed by atoms with E-state index in [1.54, 1.807) is 42.5 Å². The quantitative estimate of drug-likeness (QED) is 0.595. The number of aromatic nitrogens is 3. The molecule has 0 aliphatic carbocycles. The zero-order valence-electron chi connectivity index (χ0n) is 9.79. The van der Waals surface area contributed by atoms with Gasteiger partial charge in [0.1, 0.15) is 0 Å². The van der Waals surface area contributed by atoms with E-state index in [9.17, 15) is 4.79 Å². The zero-order valence-corrected chi connectivity index (χ0v) is 9.79. The van der Waals surface area contributed by atoms with E-state index in [2.05, 4.69) is 10.1 Å². The minimum absolute atomic E-state index is 0.0348. The summed E-state index contributed by atoms with van der Waals surface area (Å²) in [6, 6.07) is 3.69. The van der Waals surface area contributed by atoms with E-state index in [0.29, 0.717) is 5.56 Å². The molecule has 2 aromatic heterocycles. The smallest absolute Gasteiger partial charge is 0.189 e. The molecule has 0 atom stereocenters. The van der Waals surface area contributed by atoms with Crippen LogP contribution in [0.3, 0.4) is 0 Å². The van der Waals surface area contributed by atoms with Crippen molar-refractivity contribution >= 4 is 11.9 Å². The third-order valence-corrected chi connectivity index (χ3v) is 2.41. The second-order valence-electron chi connectivity index (χ2n) is 3.78. The van der Waals surface area contributed by atoms with Crippen LogP contribution in [0.2, 0.25) is 0 Å². The Balaban J connectivity index is 2.18. The van der Waals surface area contributed by atoms with Crippen molar-refractivity contribution in [1.82, 2.24) is 14.8 Å². The first-order valence-corrected chi connectivity index (χ1v) is 5.29. The Morgan fingerprint density at radius 2 is 2.06 bits per heavy atom. The highest BCUT2D eigenvalue weighted by molar-refractivity contribution is 6.07. The van der Waals surface area contributed by atoms with Gasteiger partial charge in [0.2, 0.25) is 0 Å². The molecule has 0 fully saturated rings. The molecule has 0 aliphatic heterocycles. The third kappa shape index (κ3) is 2.66. The van der Waals surface area contributed by atoms with Gasteiger partial charge >= 0.3 is 0 Å². The lowest BCUT2D eigenvalue weighted by Gasteiger charge is -1.92. The minimum Gasteiger partial charge on any atom is -0.289 e. The van der Waals surface area contributed by atoms with Gasteiger partial charge in [-0.05, 0) is 30.7 Å². The van der Waals surface area contributed by atoms with Crippen LogP contribution in [-0.2, 0) is 7.05 Å². The Hall–Kier alpha value is -2.23. The number of carbonyl (C=O) groups is 1. The molecule has 0 aliphatic rings. The zero-order chi connectivity index (χ0) is 12.3. The Morgan fingerprint density at radius 1 is 1.35 bits per heavy atom. The van der Waals surface area contributed by atoms with Crippen LogP contribution in [0.25, 0.3) is 6.08 Å². The molecule has 2 rings (SSSR count). The number of ketones is 1. The molecule has 0 aromatic carbocycles. The summed E-state index contributed by atoms with van der Waals surface area (Å²) in [5.41, 5.74) is 2.34. The number of nitrogens with zero attached hydrogens (tertiary/aromatic N) is 3. The summed E-state index contributed by atoms with van der Waals surface area (Å²) in [6.07, 6.45) is 8.45. The molecule has 17 heavy (non-hydrogen) atoms. The molecule has 0 unspecified atom stereocenters. The van der Waals surface area contributed by atoms with Gasteiger partial charge in [-0.2, -0.15) is 5.10 Å². The molecule has 4 nitrogen and oxygen atoms in total. The first-order valence-electron chi connectivity index (χ1n) is 5.29. The van der Waals surface area contributed by atoms with Crippen molar-refractivity contribution in [2.24, 2.45) is 7.05 Å². The molecule has 0 radical (unpaired) electrons. The van der Waals surface area contributed by atoms with Crippen molar-refractivity contribution in [1.29, 1.82) is 0 Å². The molecule has 0 saturated carbocycles. The average molecular weight is 227 g/mol. The molecule has 4 heteroatoms. The van der Waals surface area contributed by atoms with Gasteiger partial charge in [-0.25, -0.2) is 0 Å². The highest BCUT2D eigenvalue weighted by Gasteiger charge is 2.08. The van der Waals surface area contributed by atoms with Gasteiger partial charge in [0, 0.05) is 25.6 Å². The number of rotatable bonds is 3. The Morgan fingerprint density at radius 3 is 2.65 bits per heavy atom. The molecule has 2 aromatic rings. The number of hydrogen-bond donors (Lipinski definition) is 0. The predicted octanol–water partition coefficient (Wildman–Crippen LogP) is 2.02. The van der Waals surface area contributed by atoms with Gasteiger partial charge in [-0.15, -0.1) is 0 Å². The van der Waals surface area contributed by atoms with Gasteiger partial charge in [-0.1, -0.05) is 6.08 Å². The minimum atomic E-state index is -0.0348. The van der Waals surface area contributed by atoms with Crippen LogP contribution >= 0.6 is 0 Å². The van der Waals surface area contributed by atoms with Crippen molar-refractivity contribution in [3.05, 3.63) is 53.6 Å². The number of pyridine rings is 1. The molecule has 2 heterocycles. The summed E-state index contributed by atoms with van der Waals surface area (Å²) < 4.78 is 1.64. The fourth-order valence-corrected chi connectivity index (χ4v) is 1.58. The van der Waals surface area contributed by atoms with Crippen molar-refractivity contribution in [2.45, 2.75) is 6.92 Å². The number of allylic oxidation sites excluding steroid dienone is 1. The first-order chi connectivity index (χ1) is 8.16. The highest BCUT2D eigenvalue weighted by atomic mass is 16.1. The standard InChI is InChI=1S/C13H13N3O/c1-10-12(9-16(2)15-10)13(17)4-3-11-5-7-14-8-6-11/h3-9H,1-2H3/b4-3+. The SMILES string of the molecule is Cc1nn(C)cc1C(=O)/C=C/c1ccncc1. The van der Waals surface area contributed by atoms with Crippen molar-refractivity contribution < 1.29 is 4.79 Å². The molecule has 0 amide bonds. The molecule has 0 N–H and O–H groups in total. The summed E-state index contributed by atoms with van der Waals surface area (Å²) in [4.78, 5) is 15.8. The van der Waals surface area contributed by atoms with Crippen molar-refractivity contribution in [2.75, 3.05) is 0 Å². The van der Waals surface area contributed by atoms with E-state index >= 15 is 0 Å². The molecular formula is C13H13N3O. The summed E-state index contributed by atoms with van der Waals surface area (Å²) >= 11 is 0. The average Bonchev–Trinajstić information content (AvgIpc) is 2.67. The topological polar surface area (TPSA) is 47.8 Å². The van der Waals surface area contributed by atoms with Gasteiger partial charge in [0.05, 0.1) is 11.3 Å². The number of hydrogen-bond acceptors (Lipinski definition) is 3. The largest absolute Gasteiger partial charge is 0.289 e. The summed E-state index contributed by atoms with van der Waals surface area (Å²) in [7, 11) is 1.80. The fourth-order valence-electron chi connectivity index (χ4n) is 1.58. The van der Waals surface area contributed by atoms with Crippen LogP contribution in [0, 0.1) is 6.92 Å². The van der Waals surface area contributed by atoms with Gasteiger partial charge < -0.3 is 0 Å². The van der Waals surface area contributed by atoms with Gasteiger partial charge in [-0.3, -0.25) is 14.5 Å². The van der Waals surface area contributed by atoms with Crippen LogP contribution in [0.1, 0.15) is 21.6 Å². The van der Waals surface area contributed by atoms with Gasteiger partial charge in [0.15, 0.2) is 5.78 Å². The van der Waals surface area contributed by atoms with E-state index < -0.39 is 0 Å². The lowest BCUT2D eigenvalue weighted by atomic mass is 10.1. The molecule has 0 saturated heterocycles. The highest BCUT2D eigenvalue weighted by Crippen LogP contribution is 2.08. The van der Waals surface area contributed by atoms with E-state index in [-0.39, 0.29) is 5.78 Å². The summed E-state index contributed by atoms with van der Waals surface area (Å²) in [5, 5.41) is 4.14. The van der Waals surface area contributed by atoms with E-state index in [1.165, 1.54) is 0 Å². The number of aryl methyl sites for hydroxylation is 2. The molecular weight excluding hydrogens is 214 g/mol. The molecule has 0 spiro atoms. The van der Waals surface area contributed by atoms with Crippen LogP contribution in [-0.4, -0.2) is 20.5 Å². The van der Waals surface area contributed by atoms with E-state index in [0.717, 1.165) is 11.3 Å². The van der Waals surface area contributed by atoms with Crippen LogP contribution < -0.4 is 0 Å². The molecule has 86 valence electrons. The van der Waals surface area contributed by atoms with Crippen LogP contribution in [0.5, 0.6) is 0 Å². The first kappa shape index (κ1) is 11.3. The predicted molar refractivity (Wildman–Crippen MR) is 65.5 cm³/mol. The lowest BCUT2D eigenvalue weighted by molar-refractivity contribution is 0.104. The Bertz CT molecular complexity index is 555. The second kappa shape index (κ2) is 4.74.